The molecule has 0 aliphatic rings. The molecule has 0 bridgehead atoms. The van der Waals surface area contributed by atoms with E-state index in [1.54, 1.807) is 0 Å². The molecule has 0 fully saturated rings. The number of hydrogen-bond donors (Lipinski definition) is 0. The van der Waals surface area contributed by atoms with Crippen LogP contribution in [0.3, 0.4) is 0 Å². The molecule has 0 saturated carbocycles. The monoisotopic (exact) mass is 713 g/mol. The van der Waals surface area contributed by atoms with Gasteiger partial charge in [0.1, 0.15) is 5.82 Å². The maximum absolute atomic E-state index is 5.06. The Kier molecular flexibility index (Phi) is 36.8. The second kappa shape index (κ2) is 38.9. The minimum absolute atomic E-state index is 0.585. The minimum atomic E-state index is 0.585. The standard InChI is InChI=1S/C49H96N2/c1-5-8-11-14-17-20-22-24-25-27-29-32-35-38-41-44-48(43-40-37-34-31-28-26-23-21-18-15-12-9-6-2)49-50-45-46-51(49)47(4)42-39-36-33-30-19-16-13-10-7-3/h45-48H,5-44H2,1-4H3. The normalized spacial score (nSPS) is 12.9. The van der Waals surface area contributed by atoms with Gasteiger partial charge in [-0.2, -0.15) is 0 Å². The van der Waals surface area contributed by atoms with E-state index in [0.717, 1.165) is 0 Å². The van der Waals surface area contributed by atoms with Gasteiger partial charge in [0, 0.05) is 24.4 Å². The van der Waals surface area contributed by atoms with Crippen LogP contribution in [0.4, 0.5) is 0 Å². The first-order valence-electron chi connectivity index (χ1n) is 24.3. The lowest BCUT2D eigenvalue weighted by Crippen LogP contribution is -2.13. The first kappa shape index (κ1) is 48.2. The number of rotatable bonds is 42. The quantitative estimate of drug-likeness (QED) is 0.0617. The molecule has 0 spiro atoms. The lowest BCUT2D eigenvalue weighted by molar-refractivity contribution is 0.412. The highest BCUT2D eigenvalue weighted by Crippen LogP contribution is 2.31. The van der Waals surface area contributed by atoms with Gasteiger partial charge in [-0.15, -0.1) is 0 Å². The minimum Gasteiger partial charge on any atom is -0.332 e. The van der Waals surface area contributed by atoms with Crippen molar-refractivity contribution in [3.8, 4) is 0 Å². The topological polar surface area (TPSA) is 17.8 Å². The molecule has 51 heavy (non-hydrogen) atoms. The van der Waals surface area contributed by atoms with Gasteiger partial charge in [-0.25, -0.2) is 4.98 Å². The highest BCUT2D eigenvalue weighted by molar-refractivity contribution is 5.02. The van der Waals surface area contributed by atoms with E-state index in [9.17, 15) is 0 Å². The molecule has 2 unspecified atom stereocenters. The Bertz CT molecular complexity index is 783. The summed E-state index contributed by atoms with van der Waals surface area (Å²) in [5.74, 6) is 2.07. The van der Waals surface area contributed by atoms with Crippen molar-refractivity contribution in [3.63, 3.8) is 0 Å². The number of nitrogens with zero attached hydrogens (tertiary/aromatic N) is 2. The summed E-state index contributed by atoms with van der Waals surface area (Å²) >= 11 is 0. The third kappa shape index (κ3) is 30.3. The number of imidazole rings is 1. The van der Waals surface area contributed by atoms with Gasteiger partial charge in [0.25, 0.3) is 0 Å². The number of unbranched alkanes of at least 4 members (excludes halogenated alkanes) is 34. The molecule has 0 aliphatic heterocycles. The molecular formula is C49H96N2. The first-order chi connectivity index (χ1) is 25.2. The third-order valence-electron chi connectivity index (χ3n) is 12.1. The van der Waals surface area contributed by atoms with Crippen molar-refractivity contribution in [3.05, 3.63) is 18.2 Å². The SMILES string of the molecule is CCCCCCCCCCCCCCCCCC(CCCCCCCCCCCCCCC)c1nccn1C(C)CCCCCCCCCCC. The van der Waals surface area contributed by atoms with Crippen molar-refractivity contribution in [1.82, 2.24) is 9.55 Å². The van der Waals surface area contributed by atoms with E-state index in [-0.39, 0.29) is 0 Å². The summed E-state index contributed by atoms with van der Waals surface area (Å²) in [6, 6.07) is 0.585. The van der Waals surface area contributed by atoms with Gasteiger partial charge in [0.2, 0.25) is 0 Å². The molecule has 0 aliphatic carbocycles. The zero-order valence-electron chi connectivity index (χ0n) is 36.0. The molecule has 0 N–H and O–H groups in total. The fourth-order valence-corrected chi connectivity index (χ4v) is 8.48. The highest BCUT2D eigenvalue weighted by Gasteiger charge is 2.19. The maximum Gasteiger partial charge on any atom is 0.111 e. The Morgan fingerprint density at radius 1 is 0.373 bits per heavy atom. The van der Waals surface area contributed by atoms with Gasteiger partial charge >= 0.3 is 0 Å². The number of hydrogen-bond acceptors (Lipinski definition) is 1. The van der Waals surface area contributed by atoms with Gasteiger partial charge in [0.05, 0.1) is 0 Å². The Morgan fingerprint density at radius 3 is 0.922 bits per heavy atom. The summed E-state index contributed by atoms with van der Waals surface area (Å²) in [4.78, 5) is 5.06. The second-order valence-electron chi connectivity index (χ2n) is 17.1. The van der Waals surface area contributed by atoms with Gasteiger partial charge in [-0.1, -0.05) is 258 Å². The first-order valence-corrected chi connectivity index (χ1v) is 24.3. The zero-order chi connectivity index (χ0) is 36.7. The van der Waals surface area contributed by atoms with Crippen molar-refractivity contribution in [1.29, 1.82) is 0 Å². The molecule has 1 heterocycles. The van der Waals surface area contributed by atoms with Gasteiger partial charge in [-0.3, -0.25) is 0 Å². The molecule has 2 heteroatoms. The summed E-state index contributed by atoms with van der Waals surface area (Å²) in [6.07, 6.45) is 61.6. The molecule has 2 nitrogen and oxygen atoms in total. The molecule has 1 aromatic rings. The molecular weight excluding hydrogens is 617 g/mol. The summed E-state index contributed by atoms with van der Waals surface area (Å²) < 4.78 is 2.60. The van der Waals surface area contributed by atoms with Gasteiger partial charge in [-0.05, 0) is 26.2 Å². The van der Waals surface area contributed by atoms with Crippen LogP contribution in [-0.4, -0.2) is 9.55 Å². The summed E-state index contributed by atoms with van der Waals surface area (Å²) in [5.41, 5.74) is 0. The fraction of sp³-hybridized carbons (Fsp3) is 0.939. The lowest BCUT2D eigenvalue weighted by Gasteiger charge is -2.22. The van der Waals surface area contributed by atoms with Crippen LogP contribution in [0.2, 0.25) is 0 Å². The average molecular weight is 713 g/mol. The molecule has 1 rings (SSSR count). The van der Waals surface area contributed by atoms with Crippen LogP contribution in [0.15, 0.2) is 12.4 Å². The van der Waals surface area contributed by atoms with E-state index in [4.69, 9.17) is 4.98 Å². The van der Waals surface area contributed by atoms with Crippen molar-refractivity contribution in [2.24, 2.45) is 0 Å². The predicted molar refractivity (Wildman–Crippen MR) is 231 cm³/mol. The Balaban J connectivity index is 2.37. The van der Waals surface area contributed by atoms with Crippen LogP contribution in [0.5, 0.6) is 0 Å². The van der Waals surface area contributed by atoms with Crippen LogP contribution < -0.4 is 0 Å². The molecule has 302 valence electrons. The third-order valence-corrected chi connectivity index (χ3v) is 12.1. The van der Waals surface area contributed by atoms with Crippen molar-refractivity contribution in [2.75, 3.05) is 0 Å². The maximum atomic E-state index is 5.06. The summed E-state index contributed by atoms with van der Waals surface area (Å²) in [6.45, 7) is 9.41. The Labute approximate surface area is 323 Å². The molecule has 0 aromatic carbocycles. The van der Waals surface area contributed by atoms with Crippen LogP contribution in [-0.2, 0) is 0 Å². The summed E-state index contributed by atoms with van der Waals surface area (Å²) in [5, 5.41) is 0. The zero-order valence-corrected chi connectivity index (χ0v) is 36.0. The van der Waals surface area contributed by atoms with Gasteiger partial charge < -0.3 is 4.57 Å². The fourth-order valence-electron chi connectivity index (χ4n) is 8.48. The van der Waals surface area contributed by atoms with Crippen molar-refractivity contribution < 1.29 is 0 Å². The predicted octanol–water partition coefficient (Wildman–Crippen LogP) is 18.2. The van der Waals surface area contributed by atoms with Crippen LogP contribution in [0.1, 0.15) is 302 Å². The molecule has 0 saturated heterocycles. The lowest BCUT2D eigenvalue weighted by atomic mass is 9.92. The number of aromatic nitrogens is 2. The van der Waals surface area contributed by atoms with E-state index in [1.807, 2.05) is 0 Å². The highest BCUT2D eigenvalue weighted by atomic mass is 15.1. The van der Waals surface area contributed by atoms with Crippen molar-refractivity contribution in [2.45, 2.75) is 296 Å². The van der Waals surface area contributed by atoms with Crippen molar-refractivity contribution >= 4 is 0 Å². The average Bonchev–Trinajstić information content (AvgIpc) is 3.63. The van der Waals surface area contributed by atoms with E-state index < -0.39 is 0 Å². The Hall–Kier alpha value is -0.790. The van der Waals surface area contributed by atoms with E-state index in [2.05, 4.69) is 44.7 Å². The molecule has 2 atom stereocenters. The van der Waals surface area contributed by atoms with E-state index >= 15 is 0 Å². The van der Waals surface area contributed by atoms with Crippen LogP contribution >= 0.6 is 0 Å². The molecule has 0 amide bonds. The van der Waals surface area contributed by atoms with Crippen LogP contribution in [0, 0.1) is 0 Å². The smallest absolute Gasteiger partial charge is 0.111 e. The largest absolute Gasteiger partial charge is 0.332 e. The molecule has 1 aromatic heterocycles. The molecule has 0 radical (unpaired) electrons. The van der Waals surface area contributed by atoms with Crippen LogP contribution in [0.25, 0.3) is 0 Å². The van der Waals surface area contributed by atoms with Gasteiger partial charge in [0.15, 0.2) is 0 Å². The second-order valence-corrected chi connectivity index (χ2v) is 17.1. The Morgan fingerprint density at radius 2 is 0.627 bits per heavy atom. The van der Waals surface area contributed by atoms with E-state index in [1.165, 1.54) is 263 Å². The summed E-state index contributed by atoms with van der Waals surface area (Å²) in [7, 11) is 0. The van der Waals surface area contributed by atoms with E-state index in [0.29, 0.717) is 12.0 Å².